The number of esters is 1. The summed E-state index contributed by atoms with van der Waals surface area (Å²) in [5.74, 6) is -0.544. The van der Waals surface area contributed by atoms with E-state index >= 15 is 0 Å². The number of carbonyl (C=O) groups is 2. The minimum absolute atomic E-state index is 0.140. The second-order valence-corrected chi connectivity index (χ2v) is 4.13. The number of amides is 1. The summed E-state index contributed by atoms with van der Waals surface area (Å²) in [7, 11) is 0. The van der Waals surface area contributed by atoms with Crippen molar-refractivity contribution in [3.8, 4) is 0 Å². The monoisotopic (exact) mass is 214 g/mol. The molecule has 1 aliphatic rings. The van der Waals surface area contributed by atoms with Gasteiger partial charge in [-0.2, -0.15) is 0 Å². The molecule has 0 bridgehead atoms. The van der Waals surface area contributed by atoms with Crippen LogP contribution in [0.5, 0.6) is 0 Å². The molecule has 1 fully saturated rings. The Hall–Kier alpha value is -1.10. The van der Waals surface area contributed by atoms with Crippen molar-refractivity contribution in [2.24, 2.45) is 0 Å². The van der Waals surface area contributed by atoms with E-state index in [0.717, 1.165) is 13.0 Å². The molecule has 0 aliphatic carbocycles. The molecule has 1 atom stereocenters. The van der Waals surface area contributed by atoms with Crippen molar-refractivity contribution in [2.45, 2.75) is 38.8 Å². The van der Waals surface area contributed by atoms with E-state index < -0.39 is 11.5 Å². The molecule has 0 aromatic heterocycles. The lowest BCUT2D eigenvalue weighted by Crippen LogP contribution is -2.60. The highest BCUT2D eigenvalue weighted by Crippen LogP contribution is 2.08. The summed E-state index contributed by atoms with van der Waals surface area (Å²) in [5, 5.41) is 5.64. The molecule has 0 radical (unpaired) electrons. The van der Waals surface area contributed by atoms with Crippen LogP contribution in [0.4, 0.5) is 0 Å². The lowest BCUT2D eigenvalue weighted by atomic mass is 10.0. The van der Waals surface area contributed by atoms with E-state index in [4.69, 9.17) is 4.74 Å². The number of ether oxygens (including phenoxy) is 1. The third kappa shape index (κ3) is 2.92. The standard InChI is InChI=1S/C10H18N2O3/c1-4-15-9(14)10(2,3)12-8(13)7-5-6-11-7/h7,11H,4-6H2,1-3H3,(H,12,13)/t7-/m1/s1. The van der Waals surface area contributed by atoms with Crippen LogP contribution < -0.4 is 10.6 Å². The van der Waals surface area contributed by atoms with Crippen molar-refractivity contribution >= 4 is 11.9 Å². The molecule has 86 valence electrons. The van der Waals surface area contributed by atoms with Crippen LogP contribution in [-0.4, -0.2) is 36.6 Å². The Morgan fingerprint density at radius 1 is 1.53 bits per heavy atom. The van der Waals surface area contributed by atoms with Crippen LogP contribution in [0.2, 0.25) is 0 Å². The molecule has 1 heterocycles. The summed E-state index contributed by atoms with van der Waals surface area (Å²) >= 11 is 0. The van der Waals surface area contributed by atoms with Crippen molar-refractivity contribution in [1.82, 2.24) is 10.6 Å². The Morgan fingerprint density at radius 2 is 2.13 bits per heavy atom. The molecule has 15 heavy (non-hydrogen) atoms. The van der Waals surface area contributed by atoms with Crippen LogP contribution in [0.25, 0.3) is 0 Å². The minimum Gasteiger partial charge on any atom is -0.464 e. The summed E-state index contributed by atoms with van der Waals surface area (Å²) in [6.45, 7) is 6.20. The first-order valence-corrected chi connectivity index (χ1v) is 5.20. The fraction of sp³-hybridized carbons (Fsp3) is 0.800. The summed E-state index contributed by atoms with van der Waals surface area (Å²) in [6, 6.07) is -0.154. The van der Waals surface area contributed by atoms with Crippen molar-refractivity contribution in [3.05, 3.63) is 0 Å². The maximum absolute atomic E-state index is 11.6. The van der Waals surface area contributed by atoms with Crippen LogP contribution in [0, 0.1) is 0 Å². The van der Waals surface area contributed by atoms with Gasteiger partial charge in [-0.3, -0.25) is 4.79 Å². The number of nitrogens with one attached hydrogen (secondary N) is 2. The molecular formula is C10H18N2O3. The van der Waals surface area contributed by atoms with Gasteiger partial charge in [0.25, 0.3) is 0 Å². The Kier molecular flexibility index (Phi) is 3.68. The fourth-order valence-electron chi connectivity index (χ4n) is 1.27. The molecule has 1 saturated heterocycles. The summed E-state index contributed by atoms with van der Waals surface area (Å²) in [4.78, 5) is 23.0. The average Bonchev–Trinajstić information content (AvgIpc) is 1.99. The summed E-state index contributed by atoms with van der Waals surface area (Å²) in [6.07, 6.45) is 0.824. The van der Waals surface area contributed by atoms with E-state index in [1.807, 2.05) is 0 Å². The molecule has 0 spiro atoms. The van der Waals surface area contributed by atoms with Crippen molar-refractivity contribution in [1.29, 1.82) is 0 Å². The lowest BCUT2D eigenvalue weighted by Gasteiger charge is -2.31. The highest BCUT2D eigenvalue weighted by atomic mass is 16.5. The molecule has 0 aromatic carbocycles. The van der Waals surface area contributed by atoms with Gasteiger partial charge in [-0.05, 0) is 33.7 Å². The number of carbonyl (C=O) groups excluding carboxylic acids is 2. The lowest BCUT2D eigenvalue weighted by molar-refractivity contribution is -0.152. The molecule has 0 aromatic rings. The number of hydrogen-bond donors (Lipinski definition) is 2. The van der Waals surface area contributed by atoms with E-state index in [-0.39, 0.29) is 11.9 Å². The predicted molar refractivity (Wildman–Crippen MR) is 55.3 cm³/mol. The Labute approximate surface area is 89.6 Å². The zero-order chi connectivity index (χ0) is 11.5. The number of rotatable bonds is 4. The van der Waals surface area contributed by atoms with Gasteiger partial charge in [0.2, 0.25) is 5.91 Å². The molecule has 1 aliphatic heterocycles. The van der Waals surface area contributed by atoms with Gasteiger partial charge in [-0.25, -0.2) is 4.79 Å². The first kappa shape index (κ1) is 12.0. The van der Waals surface area contributed by atoms with Crippen LogP contribution in [-0.2, 0) is 14.3 Å². The largest absolute Gasteiger partial charge is 0.464 e. The molecular weight excluding hydrogens is 196 g/mol. The minimum atomic E-state index is -0.954. The molecule has 5 heteroatoms. The van der Waals surface area contributed by atoms with Gasteiger partial charge < -0.3 is 15.4 Å². The van der Waals surface area contributed by atoms with E-state index in [1.54, 1.807) is 20.8 Å². The average molecular weight is 214 g/mol. The SMILES string of the molecule is CCOC(=O)C(C)(C)NC(=O)[C@H]1CCN1. The maximum Gasteiger partial charge on any atom is 0.331 e. The second kappa shape index (κ2) is 4.61. The van der Waals surface area contributed by atoms with Gasteiger partial charge in [0.15, 0.2) is 0 Å². The Balaban J connectivity index is 2.46. The van der Waals surface area contributed by atoms with Crippen LogP contribution in [0.1, 0.15) is 27.2 Å². The van der Waals surface area contributed by atoms with Gasteiger partial charge in [0, 0.05) is 0 Å². The molecule has 0 unspecified atom stereocenters. The van der Waals surface area contributed by atoms with Gasteiger partial charge in [-0.1, -0.05) is 0 Å². The highest BCUT2D eigenvalue weighted by Gasteiger charge is 2.34. The van der Waals surface area contributed by atoms with E-state index in [0.29, 0.717) is 6.61 Å². The first-order chi connectivity index (χ1) is 6.97. The Bertz CT molecular complexity index is 259. The molecule has 1 amide bonds. The highest BCUT2D eigenvalue weighted by molar-refractivity contribution is 5.90. The topological polar surface area (TPSA) is 67.4 Å². The van der Waals surface area contributed by atoms with Crippen LogP contribution in [0.15, 0.2) is 0 Å². The zero-order valence-electron chi connectivity index (χ0n) is 9.42. The normalized spacial score (nSPS) is 20.3. The smallest absolute Gasteiger partial charge is 0.331 e. The number of hydrogen-bond acceptors (Lipinski definition) is 4. The molecule has 2 N–H and O–H groups in total. The van der Waals surface area contributed by atoms with Crippen LogP contribution in [0.3, 0.4) is 0 Å². The maximum atomic E-state index is 11.6. The van der Waals surface area contributed by atoms with E-state index in [1.165, 1.54) is 0 Å². The van der Waals surface area contributed by atoms with Crippen LogP contribution >= 0.6 is 0 Å². The first-order valence-electron chi connectivity index (χ1n) is 5.20. The molecule has 1 rings (SSSR count). The Morgan fingerprint density at radius 3 is 2.53 bits per heavy atom. The summed E-state index contributed by atoms with van der Waals surface area (Å²) < 4.78 is 4.86. The van der Waals surface area contributed by atoms with Gasteiger partial charge in [0.1, 0.15) is 5.54 Å². The van der Waals surface area contributed by atoms with E-state index in [2.05, 4.69) is 10.6 Å². The van der Waals surface area contributed by atoms with Gasteiger partial charge >= 0.3 is 5.97 Å². The van der Waals surface area contributed by atoms with Crippen molar-refractivity contribution in [2.75, 3.05) is 13.2 Å². The van der Waals surface area contributed by atoms with Gasteiger partial charge in [0.05, 0.1) is 12.6 Å². The van der Waals surface area contributed by atoms with Crippen molar-refractivity contribution < 1.29 is 14.3 Å². The second-order valence-electron chi connectivity index (χ2n) is 4.13. The molecule has 0 saturated carbocycles. The predicted octanol–water partition coefficient (Wildman–Crippen LogP) is -0.194. The zero-order valence-corrected chi connectivity index (χ0v) is 9.42. The van der Waals surface area contributed by atoms with E-state index in [9.17, 15) is 9.59 Å². The quantitative estimate of drug-likeness (QED) is 0.636. The van der Waals surface area contributed by atoms with Gasteiger partial charge in [-0.15, -0.1) is 0 Å². The third-order valence-corrected chi connectivity index (χ3v) is 2.36. The molecule has 5 nitrogen and oxygen atoms in total. The van der Waals surface area contributed by atoms with Crippen molar-refractivity contribution in [3.63, 3.8) is 0 Å². The fourth-order valence-corrected chi connectivity index (χ4v) is 1.27. The third-order valence-electron chi connectivity index (χ3n) is 2.36. The summed E-state index contributed by atoms with van der Waals surface area (Å²) in [5.41, 5.74) is -0.954.